The Bertz CT molecular complexity index is 1720. The molecule has 0 amide bonds. The highest BCUT2D eigenvalue weighted by atomic mass is 35.7. The van der Waals surface area contributed by atoms with Gasteiger partial charge >= 0.3 is 14.2 Å². The van der Waals surface area contributed by atoms with Crippen LogP contribution in [0.15, 0.2) is 95.2 Å². The van der Waals surface area contributed by atoms with Gasteiger partial charge in [0.25, 0.3) is 9.05 Å². The van der Waals surface area contributed by atoms with E-state index < -0.39 is 33.1 Å². The number of halogens is 1. The Morgan fingerprint density at radius 3 is 1.83 bits per heavy atom. The van der Waals surface area contributed by atoms with Gasteiger partial charge in [-0.15, -0.1) is 0 Å². The van der Waals surface area contributed by atoms with Gasteiger partial charge in [-0.1, -0.05) is 36.4 Å². The fourth-order valence-electron chi connectivity index (χ4n) is 3.90. The van der Waals surface area contributed by atoms with E-state index in [1.54, 1.807) is 54.6 Å². The van der Waals surface area contributed by atoms with E-state index in [1.165, 1.54) is 24.5 Å². The summed E-state index contributed by atoms with van der Waals surface area (Å²) in [5.41, 5.74) is 10.1. The zero-order chi connectivity index (χ0) is 29.6. The number of sulfone groups is 1. The molecule has 2 aromatic carbocycles. The van der Waals surface area contributed by atoms with Crippen molar-refractivity contribution in [3.63, 3.8) is 0 Å². The minimum Gasteiger partial charge on any atom is -0.423 e. The van der Waals surface area contributed by atoms with Crippen LogP contribution in [0.3, 0.4) is 0 Å². The van der Waals surface area contributed by atoms with Gasteiger partial charge in [-0.05, 0) is 64.0 Å². The lowest BCUT2D eigenvalue weighted by atomic mass is 9.79. The predicted octanol–water partition coefficient (Wildman–Crippen LogP) is 0.769. The van der Waals surface area contributed by atoms with Crippen molar-refractivity contribution in [3.05, 3.63) is 102 Å². The smallest absolute Gasteiger partial charge is 0.423 e. The summed E-state index contributed by atoms with van der Waals surface area (Å²) in [4.78, 5) is 7.40. The molecule has 4 aromatic rings. The van der Waals surface area contributed by atoms with Crippen LogP contribution >= 0.6 is 10.7 Å². The molecule has 41 heavy (non-hydrogen) atoms. The Morgan fingerprint density at radius 2 is 1.32 bits per heavy atom. The quantitative estimate of drug-likeness (QED) is 0.168. The summed E-state index contributed by atoms with van der Waals surface area (Å²) in [6.45, 7) is 0.834. The SMILES string of the molecule is Nc1ccc2c(c1)B(O)OC2.O=S(=O)(Cc1ccc2c(c1)B(O)OC2)c1ccccn1.O=S(=O)(Cl)c1ccccn1. The second kappa shape index (κ2) is 13.1. The van der Waals surface area contributed by atoms with E-state index in [2.05, 4.69) is 9.97 Å². The summed E-state index contributed by atoms with van der Waals surface area (Å²) in [7, 11) is -3.91. The number of hydrogen-bond acceptors (Lipinski definition) is 11. The molecule has 0 bridgehead atoms. The van der Waals surface area contributed by atoms with Gasteiger partial charge < -0.3 is 25.1 Å². The molecule has 11 nitrogen and oxygen atoms in total. The maximum Gasteiger partial charge on any atom is 0.491 e. The van der Waals surface area contributed by atoms with Crippen molar-refractivity contribution in [1.29, 1.82) is 0 Å². The maximum atomic E-state index is 12.2. The molecule has 0 saturated heterocycles. The van der Waals surface area contributed by atoms with E-state index >= 15 is 0 Å². The van der Waals surface area contributed by atoms with Crippen LogP contribution in [0, 0.1) is 0 Å². The zero-order valence-electron chi connectivity index (χ0n) is 21.4. The molecule has 2 aromatic heterocycles. The third kappa shape index (κ3) is 8.14. The summed E-state index contributed by atoms with van der Waals surface area (Å²) in [6.07, 6.45) is 2.82. The van der Waals surface area contributed by atoms with Crippen molar-refractivity contribution >= 4 is 60.4 Å². The first-order chi connectivity index (χ1) is 19.4. The number of anilines is 1. The van der Waals surface area contributed by atoms with Crippen LogP contribution in [-0.2, 0) is 47.2 Å². The number of pyridine rings is 2. The van der Waals surface area contributed by atoms with Crippen molar-refractivity contribution < 1.29 is 36.2 Å². The molecule has 0 spiro atoms. The number of nitrogen functional groups attached to an aromatic ring is 1. The average molecular weight is 616 g/mol. The third-order valence-electron chi connectivity index (χ3n) is 5.91. The molecule has 0 radical (unpaired) electrons. The van der Waals surface area contributed by atoms with Crippen LogP contribution in [0.5, 0.6) is 0 Å². The number of nitrogens with zero attached hydrogens (tertiary/aromatic N) is 2. The van der Waals surface area contributed by atoms with Crippen LogP contribution < -0.4 is 16.7 Å². The highest BCUT2D eigenvalue weighted by Crippen LogP contribution is 2.17. The molecule has 0 unspecified atom stereocenters. The Balaban J connectivity index is 0.000000156. The van der Waals surface area contributed by atoms with Gasteiger partial charge in [0.1, 0.15) is 0 Å². The maximum absolute atomic E-state index is 12.2. The number of benzene rings is 2. The van der Waals surface area contributed by atoms with Crippen molar-refractivity contribution in [2.75, 3.05) is 5.73 Å². The van der Waals surface area contributed by atoms with Crippen LogP contribution in [0.2, 0.25) is 0 Å². The molecule has 2 aliphatic rings. The lowest BCUT2D eigenvalue weighted by Gasteiger charge is -2.06. The minimum absolute atomic E-state index is 0.0531. The van der Waals surface area contributed by atoms with Crippen LogP contribution in [0.1, 0.15) is 16.7 Å². The topological polar surface area (TPSA) is 179 Å². The highest BCUT2D eigenvalue weighted by molar-refractivity contribution is 8.13. The van der Waals surface area contributed by atoms with Gasteiger partial charge in [0, 0.05) is 28.8 Å². The predicted molar refractivity (Wildman–Crippen MR) is 154 cm³/mol. The van der Waals surface area contributed by atoms with Crippen molar-refractivity contribution in [3.8, 4) is 0 Å². The second-order valence-electron chi connectivity index (χ2n) is 8.85. The molecular weight excluding hydrogens is 591 g/mol. The van der Waals surface area contributed by atoms with E-state index in [-0.39, 0.29) is 15.8 Å². The summed E-state index contributed by atoms with van der Waals surface area (Å²) < 4.78 is 55.6. The first-order valence-electron chi connectivity index (χ1n) is 12.0. The normalized spacial score (nSPS) is 13.8. The molecule has 2 aliphatic heterocycles. The lowest BCUT2D eigenvalue weighted by molar-refractivity contribution is 0.275. The van der Waals surface area contributed by atoms with Crippen molar-refractivity contribution in [2.45, 2.75) is 29.0 Å². The molecule has 0 atom stereocenters. The number of fused-ring (bicyclic) bond motifs is 2. The van der Waals surface area contributed by atoms with Gasteiger partial charge in [-0.3, -0.25) is 0 Å². The molecule has 4 N–H and O–H groups in total. The monoisotopic (exact) mass is 615 g/mol. The number of aromatic nitrogens is 2. The average Bonchev–Trinajstić information content (AvgIpc) is 3.51. The molecule has 212 valence electrons. The standard InChI is InChI=1S/C13H12BNO4S.C7H8BNO2.C5H4ClNO2S/c16-14-12-7-10(4-5-11(12)8-19-14)9-20(17,18)13-3-1-2-6-15-13;9-6-2-1-5-4-11-8(10)7(5)3-6;6-10(8,9)5-3-1-2-4-7-5/h1-7,16H,8-9H2;1-3,10H,4,9H2;1-4H. The second-order valence-corrected chi connectivity index (χ2v) is 13.3. The fourth-order valence-corrected chi connectivity index (χ4v) is 5.88. The Kier molecular flexibility index (Phi) is 9.81. The van der Waals surface area contributed by atoms with E-state index in [4.69, 9.17) is 25.7 Å². The number of hydrogen-bond donors (Lipinski definition) is 3. The third-order valence-corrected chi connectivity index (χ3v) is 8.71. The van der Waals surface area contributed by atoms with Crippen LogP contribution in [-0.4, -0.2) is 51.1 Å². The molecule has 6 rings (SSSR count). The van der Waals surface area contributed by atoms with E-state index in [1.807, 2.05) is 6.07 Å². The lowest BCUT2D eigenvalue weighted by Crippen LogP contribution is -2.28. The van der Waals surface area contributed by atoms with Gasteiger partial charge in [0.05, 0.1) is 19.0 Å². The first-order valence-corrected chi connectivity index (χ1v) is 16.0. The summed E-state index contributed by atoms with van der Waals surface area (Å²) in [5, 5.41) is 18.8. The van der Waals surface area contributed by atoms with E-state index in [0.717, 1.165) is 16.6 Å². The van der Waals surface area contributed by atoms with Gasteiger partial charge in [-0.2, -0.15) is 0 Å². The van der Waals surface area contributed by atoms with Crippen molar-refractivity contribution in [1.82, 2.24) is 9.97 Å². The largest absolute Gasteiger partial charge is 0.491 e. The highest BCUT2D eigenvalue weighted by Gasteiger charge is 2.28. The molecule has 0 aliphatic carbocycles. The Hall–Kier alpha value is -3.30. The molecule has 0 saturated carbocycles. The number of rotatable bonds is 4. The van der Waals surface area contributed by atoms with Crippen molar-refractivity contribution in [2.24, 2.45) is 0 Å². The van der Waals surface area contributed by atoms with Gasteiger partial charge in [-0.25, -0.2) is 26.8 Å². The summed E-state index contributed by atoms with van der Waals surface area (Å²) >= 11 is 0. The molecule has 0 fully saturated rings. The van der Waals surface area contributed by atoms with Crippen LogP contribution in [0.4, 0.5) is 5.69 Å². The van der Waals surface area contributed by atoms with Gasteiger partial charge in [0.2, 0.25) is 0 Å². The van der Waals surface area contributed by atoms with E-state index in [9.17, 15) is 26.9 Å². The fraction of sp³-hybridized carbons (Fsp3) is 0.120. The Labute approximate surface area is 242 Å². The zero-order valence-corrected chi connectivity index (χ0v) is 23.8. The van der Waals surface area contributed by atoms with Gasteiger partial charge in [0.15, 0.2) is 19.9 Å². The molecule has 4 heterocycles. The minimum atomic E-state index is -3.64. The Morgan fingerprint density at radius 1 is 0.780 bits per heavy atom. The van der Waals surface area contributed by atoms with Crippen LogP contribution in [0.25, 0.3) is 0 Å². The molecule has 16 heteroatoms. The summed E-state index contributed by atoms with van der Waals surface area (Å²) in [6, 6.07) is 19.9. The first kappa shape index (κ1) is 30.7. The molecular formula is C25H24B2ClN3O8S2. The number of nitrogens with two attached hydrogens (primary N) is 1. The summed E-state index contributed by atoms with van der Waals surface area (Å²) in [5.74, 6) is -0.149. The van der Waals surface area contributed by atoms with E-state index in [0.29, 0.717) is 29.9 Å².